The quantitative estimate of drug-likeness (QED) is 0.787. The summed E-state index contributed by atoms with van der Waals surface area (Å²) in [7, 11) is 0. The maximum atomic E-state index is 12.5. The largest absolute Gasteiger partial charge is 0.481 e. The topological polar surface area (TPSA) is 86.7 Å². The number of hydrogen-bond donors (Lipinski definition) is 2. The van der Waals surface area contributed by atoms with Gasteiger partial charge in [-0.15, -0.1) is 0 Å². The zero-order valence-corrected chi connectivity index (χ0v) is 14.6. The first-order chi connectivity index (χ1) is 12.7. The van der Waals surface area contributed by atoms with E-state index in [0.29, 0.717) is 19.5 Å². The minimum atomic E-state index is -4.48. The number of likely N-dealkylation sites (tertiary alicyclic amines) is 1. The molecule has 2 N–H and O–H groups in total. The Hall–Kier alpha value is -2.58. The number of carbonyl (C=O) groups excluding carboxylic acids is 2. The summed E-state index contributed by atoms with van der Waals surface area (Å²) in [5, 5.41) is 11.2. The highest BCUT2D eigenvalue weighted by molar-refractivity contribution is 5.96. The molecule has 2 amide bonds. The lowest BCUT2D eigenvalue weighted by Crippen LogP contribution is -2.45. The Bertz CT molecular complexity index is 689. The van der Waals surface area contributed by atoms with Crippen LogP contribution in [0, 0.1) is 5.92 Å². The molecule has 1 atom stereocenters. The Labute approximate surface area is 154 Å². The van der Waals surface area contributed by atoms with E-state index in [1.165, 1.54) is 0 Å². The van der Waals surface area contributed by atoms with Crippen molar-refractivity contribution in [3.8, 4) is 0 Å². The Morgan fingerprint density at radius 1 is 1.19 bits per heavy atom. The SMILES string of the molecule is O=C(O)CCC1CCCN(C(=O)CNC(=O)c2ccc(C(F)(F)F)cc2)C1. The molecule has 0 aromatic heterocycles. The predicted molar refractivity (Wildman–Crippen MR) is 90.0 cm³/mol. The molecule has 0 radical (unpaired) electrons. The van der Waals surface area contributed by atoms with E-state index < -0.39 is 23.6 Å². The van der Waals surface area contributed by atoms with Crippen LogP contribution in [0.2, 0.25) is 0 Å². The summed E-state index contributed by atoms with van der Waals surface area (Å²) in [6.45, 7) is 0.728. The van der Waals surface area contributed by atoms with E-state index in [2.05, 4.69) is 5.32 Å². The molecule has 1 saturated heterocycles. The second-order valence-electron chi connectivity index (χ2n) is 6.54. The molecule has 27 heavy (non-hydrogen) atoms. The fourth-order valence-electron chi connectivity index (χ4n) is 3.04. The summed E-state index contributed by atoms with van der Waals surface area (Å²) < 4.78 is 37.6. The maximum absolute atomic E-state index is 12.5. The standard InChI is InChI=1S/C18H21F3N2O4/c19-18(20,21)14-6-4-13(5-7-14)17(27)22-10-15(24)23-9-1-2-12(11-23)3-8-16(25)26/h4-7,12H,1-3,8-11H2,(H,22,27)(H,25,26). The average molecular weight is 386 g/mol. The number of carboxylic acids is 1. The van der Waals surface area contributed by atoms with E-state index in [-0.39, 0.29) is 30.4 Å². The molecule has 6 nitrogen and oxygen atoms in total. The van der Waals surface area contributed by atoms with Gasteiger partial charge >= 0.3 is 12.1 Å². The van der Waals surface area contributed by atoms with E-state index in [0.717, 1.165) is 37.1 Å². The molecule has 0 bridgehead atoms. The second-order valence-corrected chi connectivity index (χ2v) is 6.54. The fourth-order valence-corrected chi connectivity index (χ4v) is 3.04. The van der Waals surface area contributed by atoms with Gasteiger partial charge in [-0.05, 0) is 49.4 Å². The summed E-state index contributed by atoms with van der Waals surface area (Å²) in [5.74, 6) is -1.68. The van der Waals surface area contributed by atoms with Gasteiger partial charge in [-0.2, -0.15) is 13.2 Å². The van der Waals surface area contributed by atoms with Crippen LogP contribution >= 0.6 is 0 Å². The van der Waals surface area contributed by atoms with Crippen LogP contribution in [0.25, 0.3) is 0 Å². The van der Waals surface area contributed by atoms with Gasteiger partial charge < -0.3 is 15.3 Å². The number of amides is 2. The molecule has 0 spiro atoms. The molecule has 1 heterocycles. The molecular formula is C18H21F3N2O4. The fraction of sp³-hybridized carbons (Fsp3) is 0.500. The maximum Gasteiger partial charge on any atom is 0.416 e. The summed E-state index contributed by atoms with van der Waals surface area (Å²) >= 11 is 0. The van der Waals surface area contributed by atoms with Gasteiger partial charge in [-0.25, -0.2) is 0 Å². The molecule has 1 aromatic carbocycles. The number of hydrogen-bond acceptors (Lipinski definition) is 3. The molecule has 0 saturated carbocycles. The second kappa shape index (κ2) is 8.88. The van der Waals surface area contributed by atoms with Crippen molar-refractivity contribution in [1.29, 1.82) is 0 Å². The van der Waals surface area contributed by atoms with Crippen molar-refractivity contribution < 1.29 is 32.7 Å². The highest BCUT2D eigenvalue weighted by Crippen LogP contribution is 2.29. The molecule has 1 aliphatic rings. The molecule has 1 unspecified atom stereocenters. The minimum absolute atomic E-state index is 0.0359. The van der Waals surface area contributed by atoms with Crippen LogP contribution in [0.3, 0.4) is 0 Å². The first-order valence-electron chi connectivity index (χ1n) is 8.62. The number of carboxylic acid groups (broad SMARTS) is 1. The van der Waals surface area contributed by atoms with Crippen molar-refractivity contribution in [2.45, 2.75) is 31.9 Å². The van der Waals surface area contributed by atoms with E-state index in [9.17, 15) is 27.6 Å². The Morgan fingerprint density at radius 3 is 2.44 bits per heavy atom. The van der Waals surface area contributed by atoms with Crippen LogP contribution in [0.5, 0.6) is 0 Å². The zero-order valence-electron chi connectivity index (χ0n) is 14.6. The number of halogens is 3. The first-order valence-corrected chi connectivity index (χ1v) is 8.62. The number of piperidine rings is 1. The van der Waals surface area contributed by atoms with Crippen molar-refractivity contribution in [1.82, 2.24) is 10.2 Å². The molecule has 1 fully saturated rings. The Kier molecular flexibility index (Phi) is 6.81. The zero-order chi connectivity index (χ0) is 20.0. The van der Waals surface area contributed by atoms with Gasteiger partial charge in [0.05, 0.1) is 12.1 Å². The van der Waals surface area contributed by atoms with Crippen LogP contribution in [0.1, 0.15) is 41.6 Å². The average Bonchev–Trinajstić information content (AvgIpc) is 2.63. The van der Waals surface area contributed by atoms with E-state index in [1.807, 2.05) is 0 Å². The van der Waals surface area contributed by atoms with Crippen molar-refractivity contribution >= 4 is 17.8 Å². The van der Waals surface area contributed by atoms with Gasteiger partial charge in [0.1, 0.15) is 0 Å². The lowest BCUT2D eigenvalue weighted by Gasteiger charge is -2.32. The van der Waals surface area contributed by atoms with Gasteiger partial charge in [0.15, 0.2) is 0 Å². The van der Waals surface area contributed by atoms with Gasteiger partial charge in [0, 0.05) is 25.1 Å². The van der Waals surface area contributed by atoms with Crippen molar-refractivity contribution in [2.24, 2.45) is 5.92 Å². The third-order valence-electron chi connectivity index (χ3n) is 4.51. The first kappa shape index (κ1) is 20.7. The number of carbonyl (C=O) groups is 3. The smallest absolute Gasteiger partial charge is 0.416 e. The Morgan fingerprint density at radius 2 is 1.85 bits per heavy atom. The lowest BCUT2D eigenvalue weighted by molar-refractivity contribution is -0.138. The van der Waals surface area contributed by atoms with Crippen LogP contribution in [-0.4, -0.2) is 47.4 Å². The van der Waals surface area contributed by atoms with Crippen molar-refractivity contribution in [3.63, 3.8) is 0 Å². The Balaban J connectivity index is 1.83. The minimum Gasteiger partial charge on any atom is -0.481 e. The summed E-state index contributed by atoms with van der Waals surface area (Å²) in [4.78, 5) is 36.5. The van der Waals surface area contributed by atoms with Crippen molar-refractivity contribution in [3.05, 3.63) is 35.4 Å². The number of alkyl halides is 3. The van der Waals surface area contributed by atoms with Gasteiger partial charge in [0.2, 0.25) is 5.91 Å². The molecule has 1 aromatic rings. The van der Waals surface area contributed by atoms with Crippen LogP contribution in [0.4, 0.5) is 13.2 Å². The van der Waals surface area contributed by atoms with Crippen LogP contribution < -0.4 is 5.32 Å². The van der Waals surface area contributed by atoms with Gasteiger partial charge in [-0.1, -0.05) is 0 Å². The third kappa shape index (κ3) is 6.26. The lowest BCUT2D eigenvalue weighted by atomic mass is 9.93. The molecule has 148 valence electrons. The summed E-state index contributed by atoms with van der Waals surface area (Å²) in [6, 6.07) is 3.75. The number of aliphatic carboxylic acids is 1. The molecular weight excluding hydrogens is 365 g/mol. The highest BCUT2D eigenvalue weighted by Gasteiger charge is 2.30. The summed E-state index contributed by atoms with van der Waals surface area (Å²) in [5.41, 5.74) is -0.815. The predicted octanol–water partition coefficient (Wildman–Crippen LogP) is 2.54. The van der Waals surface area contributed by atoms with Crippen LogP contribution in [-0.2, 0) is 15.8 Å². The van der Waals surface area contributed by atoms with Gasteiger partial charge in [-0.3, -0.25) is 14.4 Å². The number of rotatable bonds is 6. The normalized spacial score (nSPS) is 17.4. The monoisotopic (exact) mass is 386 g/mol. The van der Waals surface area contributed by atoms with E-state index in [1.54, 1.807) is 4.90 Å². The van der Waals surface area contributed by atoms with Gasteiger partial charge in [0.25, 0.3) is 5.91 Å². The molecule has 0 aliphatic carbocycles. The third-order valence-corrected chi connectivity index (χ3v) is 4.51. The van der Waals surface area contributed by atoms with Crippen LogP contribution in [0.15, 0.2) is 24.3 Å². The molecule has 1 aliphatic heterocycles. The number of nitrogens with one attached hydrogen (secondary N) is 1. The highest BCUT2D eigenvalue weighted by atomic mass is 19.4. The summed E-state index contributed by atoms with van der Waals surface area (Å²) in [6.07, 6.45) is -2.30. The molecule has 9 heteroatoms. The van der Waals surface area contributed by atoms with E-state index >= 15 is 0 Å². The number of benzene rings is 1. The number of nitrogens with zero attached hydrogens (tertiary/aromatic N) is 1. The van der Waals surface area contributed by atoms with E-state index in [4.69, 9.17) is 5.11 Å². The molecule has 2 rings (SSSR count). The van der Waals surface area contributed by atoms with Crippen molar-refractivity contribution in [2.75, 3.05) is 19.6 Å².